The quantitative estimate of drug-likeness (QED) is 0.823. The maximum Gasteiger partial charge on any atom is 0.134 e. The van der Waals surface area contributed by atoms with Crippen molar-refractivity contribution in [2.24, 2.45) is 0 Å². The molecule has 0 aliphatic carbocycles. The van der Waals surface area contributed by atoms with E-state index in [1.165, 1.54) is 16.4 Å². The molecule has 18 heavy (non-hydrogen) atoms. The molecule has 96 valence electrons. The van der Waals surface area contributed by atoms with Crippen LogP contribution in [-0.2, 0) is 5.75 Å². The highest BCUT2D eigenvalue weighted by Crippen LogP contribution is 2.29. The molecular weight excluding hydrogens is 266 g/mol. The molecule has 1 aromatic heterocycles. The molecule has 0 unspecified atom stereocenters. The van der Waals surface area contributed by atoms with E-state index in [0.29, 0.717) is 0 Å². The number of nitrogens with zero attached hydrogens (tertiary/aromatic N) is 2. The zero-order chi connectivity index (χ0) is 12.8. The van der Waals surface area contributed by atoms with Gasteiger partial charge in [0.2, 0.25) is 0 Å². The third-order valence-electron chi connectivity index (χ3n) is 2.31. The predicted molar refractivity (Wildman–Crippen MR) is 76.6 cm³/mol. The van der Waals surface area contributed by atoms with Crippen LogP contribution < -0.4 is 10.1 Å². The van der Waals surface area contributed by atoms with E-state index >= 15 is 0 Å². The van der Waals surface area contributed by atoms with E-state index in [1.807, 2.05) is 18.2 Å². The molecule has 0 aliphatic heterocycles. The lowest BCUT2D eigenvalue weighted by Crippen LogP contribution is -1.97. The Kier molecular flexibility index (Phi) is 4.83. The third kappa shape index (κ3) is 3.36. The molecule has 0 spiro atoms. The second kappa shape index (κ2) is 6.61. The minimum Gasteiger partial charge on any atom is -0.497 e. The van der Waals surface area contributed by atoms with E-state index in [4.69, 9.17) is 4.74 Å². The Morgan fingerprint density at radius 1 is 1.44 bits per heavy atom. The zero-order valence-corrected chi connectivity index (χ0v) is 12.0. The van der Waals surface area contributed by atoms with E-state index in [-0.39, 0.29) is 0 Å². The van der Waals surface area contributed by atoms with Gasteiger partial charge in [0.1, 0.15) is 16.4 Å². The normalized spacial score (nSPS) is 10.3. The molecule has 1 heterocycles. The van der Waals surface area contributed by atoms with Crippen molar-refractivity contribution in [2.75, 3.05) is 19.0 Å². The van der Waals surface area contributed by atoms with Crippen LogP contribution in [0.3, 0.4) is 0 Å². The summed E-state index contributed by atoms with van der Waals surface area (Å²) in [6.45, 7) is 2.96. The lowest BCUT2D eigenvalue weighted by Gasteiger charge is -2.04. The minimum atomic E-state index is 0.812. The predicted octanol–water partition coefficient (Wildman–Crippen LogP) is 3.27. The van der Waals surface area contributed by atoms with Crippen molar-refractivity contribution in [3.63, 3.8) is 0 Å². The van der Waals surface area contributed by atoms with Gasteiger partial charge in [-0.15, -0.1) is 16.9 Å². The Bertz CT molecular complexity index is 502. The molecule has 0 atom stereocenters. The summed E-state index contributed by atoms with van der Waals surface area (Å²) < 4.78 is 9.18. The summed E-state index contributed by atoms with van der Waals surface area (Å²) in [5, 5.41) is 8.48. The summed E-state index contributed by atoms with van der Waals surface area (Å²) in [6, 6.07) is 8.03. The Labute approximate surface area is 115 Å². The van der Waals surface area contributed by atoms with Gasteiger partial charge in [-0.2, -0.15) is 0 Å². The van der Waals surface area contributed by atoms with Crippen molar-refractivity contribution in [2.45, 2.75) is 17.6 Å². The summed E-state index contributed by atoms with van der Waals surface area (Å²) in [6.07, 6.45) is 0. The van der Waals surface area contributed by atoms with Crippen LogP contribution in [0, 0.1) is 0 Å². The number of nitrogens with one attached hydrogen (secondary N) is 1. The highest BCUT2D eigenvalue weighted by molar-refractivity contribution is 7.98. The first-order valence-corrected chi connectivity index (χ1v) is 7.41. The second-order valence-corrected chi connectivity index (χ2v) is 5.35. The van der Waals surface area contributed by atoms with Crippen LogP contribution in [0.25, 0.3) is 0 Å². The van der Waals surface area contributed by atoms with E-state index in [9.17, 15) is 0 Å². The van der Waals surface area contributed by atoms with Gasteiger partial charge in [0.25, 0.3) is 0 Å². The summed E-state index contributed by atoms with van der Waals surface area (Å²) in [5.74, 6) is 1.69. The van der Waals surface area contributed by atoms with E-state index in [2.05, 4.69) is 27.9 Å². The van der Waals surface area contributed by atoms with Crippen LogP contribution in [0.4, 0.5) is 5.00 Å². The van der Waals surface area contributed by atoms with Crippen molar-refractivity contribution >= 4 is 28.3 Å². The highest BCUT2D eigenvalue weighted by Gasteiger charge is 2.07. The number of methoxy groups -OCH3 is 1. The van der Waals surface area contributed by atoms with E-state index in [0.717, 1.165) is 28.7 Å². The first kappa shape index (κ1) is 13.2. The first-order valence-electron chi connectivity index (χ1n) is 5.65. The van der Waals surface area contributed by atoms with Gasteiger partial charge in [-0.3, -0.25) is 0 Å². The van der Waals surface area contributed by atoms with Crippen LogP contribution in [0.1, 0.15) is 12.6 Å². The monoisotopic (exact) mass is 281 g/mol. The summed E-state index contributed by atoms with van der Waals surface area (Å²) in [7, 11) is 1.68. The maximum atomic E-state index is 5.20. The molecule has 0 saturated heterocycles. The topological polar surface area (TPSA) is 47.0 Å². The Balaban J connectivity index is 1.99. The molecule has 2 rings (SSSR count). The number of anilines is 1. The average Bonchev–Trinajstić information content (AvgIpc) is 2.85. The van der Waals surface area contributed by atoms with Crippen molar-refractivity contribution in [1.82, 2.24) is 9.59 Å². The van der Waals surface area contributed by atoms with Gasteiger partial charge in [-0.05, 0) is 25.1 Å². The van der Waals surface area contributed by atoms with Gasteiger partial charge < -0.3 is 10.1 Å². The number of thioether (sulfide) groups is 1. The van der Waals surface area contributed by atoms with E-state index in [1.54, 1.807) is 18.9 Å². The molecule has 1 N–H and O–H groups in total. The third-order valence-corrected chi connectivity index (χ3v) is 4.04. The number of hydrogen-bond acceptors (Lipinski definition) is 6. The number of ether oxygens (including phenoxy) is 1. The van der Waals surface area contributed by atoms with Crippen molar-refractivity contribution < 1.29 is 4.74 Å². The van der Waals surface area contributed by atoms with Crippen LogP contribution in [0.15, 0.2) is 29.2 Å². The molecule has 2 aromatic rings. The second-order valence-electron chi connectivity index (χ2n) is 3.55. The molecular formula is C12H15N3OS2. The molecule has 1 aromatic carbocycles. The summed E-state index contributed by atoms with van der Waals surface area (Å²) in [5.41, 5.74) is 1.01. The Morgan fingerprint density at radius 2 is 2.33 bits per heavy atom. The Hall–Kier alpha value is -1.27. The first-order chi connectivity index (χ1) is 8.83. The van der Waals surface area contributed by atoms with Gasteiger partial charge in [-0.25, -0.2) is 0 Å². The molecule has 0 fully saturated rings. The molecule has 0 radical (unpaired) electrons. The average molecular weight is 281 g/mol. The van der Waals surface area contributed by atoms with Crippen molar-refractivity contribution in [3.05, 3.63) is 30.0 Å². The smallest absolute Gasteiger partial charge is 0.134 e. The number of rotatable bonds is 6. The van der Waals surface area contributed by atoms with Crippen LogP contribution in [0.2, 0.25) is 0 Å². The van der Waals surface area contributed by atoms with Gasteiger partial charge in [0, 0.05) is 28.7 Å². The zero-order valence-electron chi connectivity index (χ0n) is 10.3. The minimum absolute atomic E-state index is 0.812. The lowest BCUT2D eigenvalue weighted by atomic mass is 10.3. The summed E-state index contributed by atoms with van der Waals surface area (Å²) in [4.78, 5) is 1.17. The van der Waals surface area contributed by atoms with Gasteiger partial charge in [0.05, 0.1) is 7.11 Å². The number of hydrogen-bond donors (Lipinski definition) is 1. The largest absolute Gasteiger partial charge is 0.497 e. The van der Waals surface area contributed by atoms with E-state index < -0.39 is 0 Å². The van der Waals surface area contributed by atoms with Gasteiger partial charge in [-0.1, -0.05) is 10.6 Å². The maximum absolute atomic E-state index is 5.20. The molecule has 0 aliphatic rings. The lowest BCUT2D eigenvalue weighted by molar-refractivity contribution is 0.413. The van der Waals surface area contributed by atoms with Crippen molar-refractivity contribution in [3.8, 4) is 5.75 Å². The Morgan fingerprint density at radius 3 is 3.11 bits per heavy atom. The molecule has 0 bridgehead atoms. The molecule has 6 heteroatoms. The highest BCUT2D eigenvalue weighted by atomic mass is 32.2. The van der Waals surface area contributed by atoms with Gasteiger partial charge >= 0.3 is 0 Å². The molecule has 0 amide bonds. The summed E-state index contributed by atoms with van der Waals surface area (Å²) >= 11 is 3.14. The fourth-order valence-corrected chi connectivity index (χ4v) is 3.06. The van der Waals surface area contributed by atoms with Crippen molar-refractivity contribution in [1.29, 1.82) is 0 Å². The fourth-order valence-electron chi connectivity index (χ4n) is 1.44. The molecule has 0 saturated carbocycles. The fraction of sp³-hybridized carbons (Fsp3) is 0.333. The standard InChI is InChI=1S/C12H15N3OS2/c1-3-13-12-11(14-15-18-12)8-17-10-6-4-5-9(7-10)16-2/h4-7,13H,3,8H2,1-2H3. The van der Waals surface area contributed by atoms with Crippen LogP contribution >= 0.6 is 23.3 Å². The SMILES string of the molecule is CCNc1snnc1CSc1cccc(OC)c1. The number of benzene rings is 1. The van der Waals surface area contributed by atoms with Crippen LogP contribution in [-0.4, -0.2) is 23.2 Å². The number of aromatic nitrogens is 2. The van der Waals surface area contributed by atoms with Gasteiger partial charge in [0.15, 0.2) is 0 Å². The molecule has 4 nitrogen and oxygen atoms in total. The van der Waals surface area contributed by atoms with Crippen LogP contribution in [0.5, 0.6) is 5.75 Å².